The second-order valence-electron chi connectivity index (χ2n) is 7.73. The second kappa shape index (κ2) is 9.41. The van der Waals surface area contributed by atoms with E-state index in [1.807, 2.05) is 30.3 Å². The number of nitrogens with one attached hydrogen (secondary N) is 2. The highest BCUT2D eigenvalue weighted by atomic mass is 32.1. The standard InChI is InChI=1S/C24H24N4O2.H2S/c1-16-11-17-5-6-21(13-18(17)12-16)30-23-8-10-26-24(28-23)27-19-3-2-4-20(14-19)29-22-7-9-25-15-22;/h2-6,8,10,12-14,22,25H,7,9,11,15H2,1H3,(H,26,27,28);1H2/t22-;/m0./s1. The van der Waals surface area contributed by atoms with Crippen LogP contribution in [0.3, 0.4) is 0 Å². The van der Waals surface area contributed by atoms with Gasteiger partial charge in [-0.25, -0.2) is 4.98 Å². The summed E-state index contributed by atoms with van der Waals surface area (Å²) in [7, 11) is 0. The number of hydrogen-bond donors (Lipinski definition) is 2. The van der Waals surface area contributed by atoms with Crippen LogP contribution in [-0.4, -0.2) is 29.2 Å². The Balaban J connectivity index is 0.00000231. The Bertz CT molecular complexity index is 1100. The minimum atomic E-state index is 0. The van der Waals surface area contributed by atoms with Crippen molar-refractivity contribution in [1.29, 1.82) is 0 Å². The van der Waals surface area contributed by atoms with Crippen molar-refractivity contribution in [3.05, 3.63) is 71.4 Å². The predicted octanol–water partition coefficient (Wildman–Crippen LogP) is 4.83. The molecule has 1 aromatic heterocycles. The molecule has 5 rings (SSSR count). The van der Waals surface area contributed by atoms with E-state index in [0.29, 0.717) is 11.8 Å². The van der Waals surface area contributed by atoms with E-state index in [0.717, 1.165) is 43.1 Å². The van der Waals surface area contributed by atoms with Crippen molar-refractivity contribution in [2.75, 3.05) is 18.4 Å². The van der Waals surface area contributed by atoms with E-state index < -0.39 is 0 Å². The van der Waals surface area contributed by atoms with Crippen LogP contribution in [0.5, 0.6) is 17.4 Å². The fourth-order valence-electron chi connectivity index (χ4n) is 3.83. The first-order chi connectivity index (χ1) is 14.7. The minimum Gasteiger partial charge on any atom is -0.489 e. The van der Waals surface area contributed by atoms with E-state index in [-0.39, 0.29) is 19.6 Å². The lowest BCUT2D eigenvalue weighted by molar-refractivity contribution is 0.223. The average molecular weight is 435 g/mol. The van der Waals surface area contributed by atoms with Gasteiger partial charge >= 0.3 is 0 Å². The molecule has 0 radical (unpaired) electrons. The van der Waals surface area contributed by atoms with E-state index in [4.69, 9.17) is 9.47 Å². The van der Waals surface area contributed by atoms with Gasteiger partial charge in [0.2, 0.25) is 11.8 Å². The molecule has 2 aliphatic rings. The van der Waals surface area contributed by atoms with Gasteiger partial charge in [0.05, 0.1) is 0 Å². The smallest absolute Gasteiger partial charge is 0.230 e. The Hall–Kier alpha value is -3.03. The number of anilines is 2. The lowest BCUT2D eigenvalue weighted by atomic mass is 10.1. The number of hydrogen-bond acceptors (Lipinski definition) is 6. The zero-order valence-corrected chi connectivity index (χ0v) is 18.4. The number of ether oxygens (including phenoxy) is 2. The topological polar surface area (TPSA) is 68.3 Å². The van der Waals surface area contributed by atoms with Gasteiger partial charge in [0.25, 0.3) is 0 Å². The Labute approximate surface area is 189 Å². The maximum atomic E-state index is 6.03. The summed E-state index contributed by atoms with van der Waals surface area (Å²) < 4.78 is 12.0. The molecule has 1 aliphatic heterocycles. The van der Waals surface area contributed by atoms with E-state index in [1.165, 1.54) is 16.7 Å². The molecule has 0 bridgehead atoms. The summed E-state index contributed by atoms with van der Waals surface area (Å²) >= 11 is 0. The summed E-state index contributed by atoms with van der Waals surface area (Å²) in [5.41, 5.74) is 4.78. The molecular weight excluding hydrogens is 408 g/mol. The Morgan fingerprint density at radius 1 is 1.10 bits per heavy atom. The molecule has 0 amide bonds. The molecule has 7 heteroatoms. The molecule has 2 aromatic carbocycles. The lowest BCUT2D eigenvalue weighted by Gasteiger charge is -2.14. The average Bonchev–Trinajstić information content (AvgIpc) is 3.37. The molecule has 31 heavy (non-hydrogen) atoms. The van der Waals surface area contributed by atoms with Crippen molar-refractivity contribution in [2.45, 2.75) is 25.9 Å². The minimum absolute atomic E-state index is 0. The van der Waals surface area contributed by atoms with Gasteiger partial charge in [0, 0.05) is 30.6 Å². The number of allylic oxidation sites excluding steroid dienone is 1. The molecule has 0 unspecified atom stereocenters. The molecule has 6 nitrogen and oxygen atoms in total. The number of aromatic nitrogens is 2. The Morgan fingerprint density at radius 3 is 2.90 bits per heavy atom. The summed E-state index contributed by atoms with van der Waals surface area (Å²) in [4.78, 5) is 8.81. The van der Waals surface area contributed by atoms with Crippen molar-refractivity contribution in [1.82, 2.24) is 15.3 Å². The van der Waals surface area contributed by atoms with Crippen molar-refractivity contribution >= 4 is 31.2 Å². The fraction of sp³-hybridized carbons (Fsp3) is 0.250. The van der Waals surface area contributed by atoms with Crippen LogP contribution in [0.1, 0.15) is 24.5 Å². The molecule has 3 aromatic rings. The van der Waals surface area contributed by atoms with Crippen LogP contribution in [0.15, 0.2) is 60.3 Å². The van der Waals surface area contributed by atoms with Gasteiger partial charge in [-0.1, -0.05) is 23.8 Å². The highest BCUT2D eigenvalue weighted by Crippen LogP contribution is 2.30. The highest BCUT2D eigenvalue weighted by Gasteiger charge is 2.16. The lowest BCUT2D eigenvalue weighted by Crippen LogP contribution is -2.19. The largest absolute Gasteiger partial charge is 0.489 e. The molecule has 0 spiro atoms. The van der Waals surface area contributed by atoms with Crippen LogP contribution in [-0.2, 0) is 6.42 Å². The molecule has 160 valence electrons. The van der Waals surface area contributed by atoms with Gasteiger partial charge in [-0.05, 0) is 61.7 Å². The summed E-state index contributed by atoms with van der Waals surface area (Å²) in [6, 6.07) is 15.8. The number of rotatable bonds is 6. The predicted molar refractivity (Wildman–Crippen MR) is 128 cm³/mol. The Morgan fingerprint density at radius 2 is 2.03 bits per heavy atom. The van der Waals surface area contributed by atoms with Crippen LogP contribution in [0.2, 0.25) is 0 Å². The normalized spacial score (nSPS) is 16.8. The first-order valence-corrected chi connectivity index (χ1v) is 10.3. The Kier molecular flexibility index (Phi) is 6.44. The van der Waals surface area contributed by atoms with Gasteiger partial charge in [-0.3, -0.25) is 0 Å². The summed E-state index contributed by atoms with van der Waals surface area (Å²) in [5.74, 6) is 2.58. The zero-order chi connectivity index (χ0) is 20.3. The number of benzene rings is 2. The molecule has 2 heterocycles. The second-order valence-corrected chi connectivity index (χ2v) is 7.73. The van der Waals surface area contributed by atoms with E-state index in [9.17, 15) is 0 Å². The summed E-state index contributed by atoms with van der Waals surface area (Å²) in [6.07, 6.45) is 6.15. The fourth-order valence-corrected chi connectivity index (χ4v) is 3.83. The van der Waals surface area contributed by atoms with Crippen LogP contribution in [0.25, 0.3) is 6.08 Å². The quantitative estimate of drug-likeness (QED) is 0.579. The third-order valence-electron chi connectivity index (χ3n) is 5.25. The summed E-state index contributed by atoms with van der Waals surface area (Å²) in [5, 5.41) is 6.55. The molecule has 1 fully saturated rings. The SMILES string of the molecule is CC1=Cc2cc(Oc3ccnc(Nc4cccc(O[C@H]5CCNC5)c4)n3)ccc2C1.S. The van der Waals surface area contributed by atoms with E-state index in [2.05, 4.69) is 45.7 Å². The van der Waals surface area contributed by atoms with Crippen LogP contribution < -0.4 is 20.1 Å². The number of nitrogens with zero attached hydrogens (tertiary/aromatic N) is 2. The van der Waals surface area contributed by atoms with Crippen LogP contribution in [0, 0.1) is 0 Å². The van der Waals surface area contributed by atoms with E-state index in [1.54, 1.807) is 12.3 Å². The van der Waals surface area contributed by atoms with Crippen LogP contribution in [0.4, 0.5) is 11.6 Å². The first kappa shape index (κ1) is 21.2. The highest BCUT2D eigenvalue weighted by molar-refractivity contribution is 7.59. The van der Waals surface area contributed by atoms with Gasteiger partial charge in [-0.2, -0.15) is 18.5 Å². The van der Waals surface area contributed by atoms with Crippen LogP contribution >= 0.6 is 13.5 Å². The van der Waals surface area contributed by atoms with E-state index >= 15 is 0 Å². The summed E-state index contributed by atoms with van der Waals surface area (Å²) in [6.45, 7) is 4.04. The van der Waals surface area contributed by atoms with Gasteiger partial charge in [0.15, 0.2) is 0 Å². The zero-order valence-electron chi connectivity index (χ0n) is 17.4. The molecule has 1 aliphatic carbocycles. The van der Waals surface area contributed by atoms with Gasteiger partial charge in [0.1, 0.15) is 17.6 Å². The third kappa shape index (κ3) is 5.18. The molecule has 0 saturated carbocycles. The first-order valence-electron chi connectivity index (χ1n) is 10.3. The third-order valence-corrected chi connectivity index (χ3v) is 5.25. The maximum Gasteiger partial charge on any atom is 0.230 e. The van der Waals surface area contributed by atoms with Gasteiger partial charge in [-0.15, -0.1) is 0 Å². The van der Waals surface area contributed by atoms with Crippen molar-refractivity contribution in [3.8, 4) is 17.4 Å². The monoisotopic (exact) mass is 434 g/mol. The molecule has 2 N–H and O–H groups in total. The molecule has 1 atom stereocenters. The van der Waals surface area contributed by atoms with Crippen molar-refractivity contribution in [2.24, 2.45) is 0 Å². The van der Waals surface area contributed by atoms with Crippen molar-refractivity contribution in [3.63, 3.8) is 0 Å². The van der Waals surface area contributed by atoms with Crippen molar-refractivity contribution < 1.29 is 9.47 Å². The number of fused-ring (bicyclic) bond motifs is 1. The molecular formula is C24H26N4O2S. The van der Waals surface area contributed by atoms with Gasteiger partial charge < -0.3 is 20.1 Å². The maximum absolute atomic E-state index is 6.03. The molecule has 1 saturated heterocycles.